The Morgan fingerprint density at radius 3 is 2.59 bits per heavy atom. The number of nitrogens with zero attached hydrogens (tertiary/aromatic N) is 3. The van der Waals surface area contributed by atoms with Gasteiger partial charge in [0.15, 0.2) is 0 Å². The van der Waals surface area contributed by atoms with E-state index in [9.17, 15) is 10.1 Å². The van der Waals surface area contributed by atoms with Gasteiger partial charge in [0.1, 0.15) is 12.4 Å². The molecule has 0 aromatic carbocycles. The van der Waals surface area contributed by atoms with Crippen LogP contribution in [0.3, 0.4) is 0 Å². The van der Waals surface area contributed by atoms with Crippen molar-refractivity contribution in [3.63, 3.8) is 0 Å². The molecule has 1 aromatic heterocycles. The van der Waals surface area contributed by atoms with Crippen molar-refractivity contribution >= 4 is 11.6 Å². The largest absolute Gasteiger partial charge is 0.352 e. The Morgan fingerprint density at radius 1 is 1.41 bits per heavy atom. The Hall–Kier alpha value is -1.72. The fourth-order valence-corrected chi connectivity index (χ4v) is 1.48. The fourth-order valence-electron chi connectivity index (χ4n) is 1.48. The van der Waals surface area contributed by atoms with Gasteiger partial charge < -0.3 is 5.32 Å². The molecular weight excluding hydrogens is 220 g/mol. The van der Waals surface area contributed by atoms with Gasteiger partial charge in [0.25, 0.3) is 0 Å². The fraction of sp³-hybridized carbons (Fsp3) is 0.636. The molecular formula is C11H18N4O2. The topological polar surface area (TPSA) is 81.0 Å². The van der Waals surface area contributed by atoms with Crippen LogP contribution in [-0.4, -0.2) is 20.9 Å². The summed E-state index contributed by atoms with van der Waals surface area (Å²) in [6.45, 7) is 4.22. The highest BCUT2D eigenvalue weighted by molar-refractivity contribution is 5.31. The van der Waals surface area contributed by atoms with E-state index in [4.69, 9.17) is 0 Å². The SMILES string of the molecule is CCCCCC(C)Nc1ncc([N+](=O)[O-])cn1. The normalized spacial score (nSPS) is 12.1. The first-order chi connectivity index (χ1) is 8.13. The van der Waals surface area contributed by atoms with Crippen LogP contribution < -0.4 is 5.32 Å². The van der Waals surface area contributed by atoms with Gasteiger partial charge in [0.05, 0.1) is 4.92 Å². The second-order valence-electron chi connectivity index (χ2n) is 4.06. The van der Waals surface area contributed by atoms with Gasteiger partial charge in [0, 0.05) is 6.04 Å². The smallest absolute Gasteiger partial charge is 0.305 e. The number of anilines is 1. The number of hydrogen-bond acceptors (Lipinski definition) is 5. The maximum atomic E-state index is 10.4. The Morgan fingerprint density at radius 2 is 2.06 bits per heavy atom. The standard InChI is InChI=1S/C11H18N4O2/c1-3-4-5-6-9(2)14-11-12-7-10(8-13-11)15(16)17/h7-9H,3-6H2,1-2H3,(H,12,13,14). The Balaban J connectivity index is 2.43. The van der Waals surface area contributed by atoms with Crippen LogP contribution in [0.2, 0.25) is 0 Å². The second kappa shape index (κ2) is 6.78. The third-order valence-electron chi connectivity index (χ3n) is 2.47. The first-order valence-electron chi connectivity index (χ1n) is 5.86. The van der Waals surface area contributed by atoms with Crippen molar-refractivity contribution in [1.29, 1.82) is 0 Å². The molecule has 1 N–H and O–H groups in total. The van der Waals surface area contributed by atoms with Gasteiger partial charge >= 0.3 is 5.69 Å². The lowest BCUT2D eigenvalue weighted by atomic mass is 10.1. The summed E-state index contributed by atoms with van der Waals surface area (Å²) in [7, 11) is 0. The van der Waals surface area contributed by atoms with E-state index in [1.165, 1.54) is 25.2 Å². The highest BCUT2D eigenvalue weighted by atomic mass is 16.6. The van der Waals surface area contributed by atoms with Crippen LogP contribution in [0.1, 0.15) is 39.5 Å². The number of rotatable bonds is 7. The molecule has 0 saturated carbocycles. The zero-order valence-electron chi connectivity index (χ0n) is 10.2. The first kappa shape index (κ1) is 13.3. The number of aromatic nitrogens is 2. The summed E-state index contributed by atoms with van der Waals surface area (Å²) < 4.78 is 0. The minimum Gasteiger partial charge on any atom is -0.352 e. The molecule has 0 spiro atoms. The lowest BCUT2D eigenvalue weighted by molar-refractivity contribution is -0.385. The summed E-state index contributed by atoms with van der Waals surface area (Å²) in [6.07, 6.45) is 7.06. The molecule has 0 bridgehead atoms. The number of nitrogens with one attached hydrogen (secondary N) is 1. The van der Waals surface area contributed by atoms with Gasteiger partial charge in [0.2, 0.25) is 5.95 Å². The van der Waals surface area contributed by atoms with Crippen molar-refractivity contribution in [2.45, 2.75) is 45.6 Å². The summed E-state index contributed by atoms with van der Waals surface area (Å²) in [5.74, 6) is 0.444. The van der Waals surface area contributed by atoms with Crippen molar-refractivity contribution in [2.75, 3.05) is 5.32 Å². The summed E-state index contributed by atoms with van der Waals surface area (Å²) >= 11 is 0. The van der Waals surface area contributed by atoms with E-state index >= 15 is 0 Å². The first-order valence-corrected chi connectivity index (χ1v) is 5.86. The van der Waals surface area contributed by atoms with Crippen molar-refractivity contribution < 1.29 is 4.92 Å². The molecule has 6 heteroatoms. The van der Waals surface area contributed by atoms with Gasteiger partial charge in [-0.05, 0) is 13.3 Å². The van der Waals surface area contributed by atoms with Crippen LogP contribution in [0, 0.1) is 10.1 Å². The molecule has 0 saturated heterocycles. The predicted octanol–water partition coefficient (Wildman–Crippen LogP) is 2.77. The molecule has 0 aliphatic heterocycles. The van der Waals surface area contributed by atoms with E-state index in [1.54, 1.807) is 0 Å². The van der Waals surface area contributed by atoms with Crippen LogP contribution in [-0.2, 0) is 0 Å². The molecule has 1 heterocycles. The predicted molar refractivity (Wildman–Crippen MR) is 65.9 cm³/mol. The third kappa shape index (κ3) is 4.76. The average Bonchev–Trinajstić information content (AvgIpc) is 2.30. The van der Waals surface area contributed by atoms with Gasteiger partial charge in [-0.25, -0.2) is 9.97 Å². The molecule has 0 radical (unpaired) electrons. The van der Waals surface area contributed by atoms with E-state index in [0.717, 1.165) is 12.8 Å². The lowest BCUT2D eigenvalue weighted by Crippen LogP contribution is -2.16. The summed E-state index contributed by atoms with van der Waals surface area (Å²) in [5.41, 5.74) is -0.0887. The highest BCUT2D eigenvalue weighted by Crippen LogP contribution is 2.11. The van der Waals surface area contributed by atoms with E-state index in [-0.39, 0.29) is 11.7 Å². The minimum absolute atomic E-state index is 0.0887. The number of nitro groups is 1. The summed E-state index contributed by atoms with van der Waals surface area (Å²) in [4.78, 5) is 17.7. The van der Waals surface area contributed by atoms with Gasteiger partial charge in [-0.15, -0.1) is 0 Å². The van der Waals surface area contributed by atoms with Crippen LogP contribution in [0.5, 0.6) is 0 Å². The van der Waals surface area contributed by atoms with E-state index in [1.807, 2.05) is 0 Å². The van der Waals surface area contributed by atoms with Crippen molar-refractivity contribution in [2.24, 2.45) is 0 Å². The molecule has 94 valence electrons. The van der Waals surface area contributed by atoms with Crippen LogP contribution in [0.25, 0.3) is 0 Å². The van der Waals surface area contributed by atoms with E-state index < -0.39 is 4.92 Å². The van der Waals surface area contributed by atoms with Gasteiger partial charge in [-0.1, -0.05) is 26.2 Å². The van der Waals surface area contributed by atoms with Gasteiger partial charge in [-0.3, -0.25) is 10.1 Å². The van der Waals surface area contributed by atoms with Gasteiger partial charge in [-0.2, -0.15) is 0 Å². The zero-order valence-corrected chi connectivity index (χ0v) is 10.2. The molecule has 17 heavy (non-hydrogen) atoms. The lowest BCUT2D eigenvalue weighted by Gasteiger charge is -2.12. The zero-order chi connectivity index (χ0) is 12.7. The molecule has 6 nitrogen and oxygen atoms in total. The third-order valence-corrected chi connectivity index (χ3v) is 2.47. The average molecular weight is 238 g/mol. The molecule has 0 aliphatic rings. The molecule has 1 unspecified atom stereocenters. The monoisotopic (exact) mass is 238 g/mol. The molecule has 0 aliphatic carbocycles. The van der Waals surface area contributed by atoms with E-state index in [0.29, 0.717) is 5.95 Å². The number of hydrogen-bond donors (Lipinski definition) is 1. The Bertz CT molecular complexity index is 353. The second-order valence-corrected chi connectivity index (χ2v) is 4.06. The highest BCUT2D eigenvalue weighted by Gasteiger charge is 2.08. The quantitative estimate of drug-likeness (QED) is 0.448. The number of unbranched alkanes of at least 4 members (excludes halogenated alkanes) is 2. The molecule has 1 aromatic rings. The maximum absolute atomic E-state index is 10.4. The summed E-state index contributed by atoms with van der Waals surface area (Å²) in [6, 6.07) is 0.281. The minimum atomic E-state index is -0.505. The molecule has 0 fully saturated rings. The Labute approximate surface area is 101 Å². The van der Waals surface area contributed by atoms with E-state index in [2.05, 4.69) is 29.1 Å². The summed E-state index contributed by atoms with van der Waals surface area (Å²) in [5, 5.41) is 13.5. The van der Waals surface area contributed by atoms with Crippen molar-refractivity contribution in [1.82, 2.24) is 9.97 Å². The van der Waals surface area contributed by atoms with Crippen molar-refractivity contribution in [3.8, 4) is 0 Å². The van der Waals surface area contributed by atoms with Crippen LogP contribution in [0.4, 0.5) is 11.6 Å². The Kier molecular flexibility index (Phi) is 5.32. The van der Waals surface area contributed by atoms with Crippen LogP contribution in [0.15, 0.2) is 12.4 Å². The molecule has 1 rings (SSSR count). The van der Waals surface area contributed by atoms with Crippen LogP contribution >= 0.6 is 0 Å². The molecule has 0 amide bonds. The molecule has 1 atom stereocenters. The maximum Gasteiger partial charge on any atom is 0.305 e. The van der Waals surface area contributed by atoms with Crippen molar-refractivity contribution in [3.05, 3.63) is 22.5 Å².